The third-order valence-electron chi connectivity index (χ3n) is 5.04. The highest BCUT2D eigenvalue weighted by Gasteiger charge is 2.26. The molecule has 10 heteroatoms. The lowest BCUT2D eigenvalue weighted by Gasteiger charge is -2.28. The molecule has 0 saturated carbocycles. The first kappa shape index (κ1) is 21.8. The fourth-order valence-corrected chi connectivity index (χ4v) is 3.24. The third kappa shape index (κ3) is 5.59. The number of benzene rings is 1. The molecule has 1 aromatic carbocycles. The molecule has 1 aromatic heterocycles. The van der Waals surface area contributed by atoms with Crippen molar-refractivity contribution in [3.63, 3.8) is 0 Å². The molecule has 0 spiro atoms. The van der Waals surface area contributed by atoms with Crippen molar-refractivity contribution in [2.45, 2.75) is 51.7 Å². The summed E-state index contributed by atoms with van der Waals surface area (Å²) in [6, 6.07) is 5.83. The minimum Gasteiger partial charge on any atom is -0.350 e. The van der Waals surface area contributed by atoms with E-state index in [4.69, 9.17) is 0 Å². The molecule has 0 radical (unpaired) electrons. The second-order valence-corrected chi connectivity index (χ2v) is 7.54. The highest BCUT2D eigenvalue weighted by atomic mass is 19.3. The normalized spacial score (nSPS) is 20.0. The lowest BCUT2D eigenvalue weighted by atomic mass is 9.94. The number of rotatable bonds is 7. The molecule has 1 fully saturated rings. The van der Waals surface area contributed by atoms with Gasteiger partial charge in [-0.2, -0.15) is 13.8 Å². The van der Waals surface area contributed by atoms with Gasteiger partial charge in [0.1, 0.15) is 6.04 Å². The maximum atomic E-state index is 12.5. The number of carbonyl (C=O) groups is 2. The zero-order valence-corrected chi connectivity index (χ0v) is 16.8. The smallest absolute Gasteiger partial charge is 0.315 e. The summed E-state index contributed by atoms with van der Waals surface area (Å²) in [6.45, 7) is 4.80. The molecule has 0 unspecified atom stereocenters. The number of halogens is 2. The van der Waals surface area contributed by atoms with Gasteiger partial charge in [0.05, 0.1) is 6.04 Å². The highest BCUT2D eigenvalue weighted by Crippen LogP contribution is 2.21. The SMILES string of the molecule is C[C@H]1CCN[C@@H](C(=O)N[C@@H](C)C(=O)NCc2ccc(-c3noc(C(F)F)n3)cc2)C1. The molecule has 30 heavy (non-hydrogen) atoms. The molecule has 2 aromatic rings. The van der Waals surface area contributed by atoms with Gasteiger partial charge in [0.25, 0.3) is 5.89 Å². The molecule has 0 aliphatic carbocycles. The lowest BCUT2D eigenvalue weighted by molar-refractivity contribution is -0.130. The number of alkyl halides is 2. The van der Waals surface area contributed by atoms with E-state index >= 15 is 0 Å². The summed E-state index contributed by atoms with van der Waals surface area (Å²) in [5.41, 5.74) is 1.32. The number of nitrogens with zero attached hydrogens (tertiary/aromatic N) is 2. The van der Waals surface area contributed by atoms with Crippen LogP contribution in [-0.4, -0.2) is 40.6 Å². The van der Waals surface area contributed by atoms with Crippen molar-refractivity contribution in [3.8, 4) is 11.4 Å². The average molecular weight is 421 g/mol. The van der Waals surface area contributed by atoms with Crippen molar-refractivity contribution in [1.82, 2.24) is 26.1 Å². The number of aromatic nitrogens is 2. The summed E-state index contributed by atoms with van der Waals surface area (Å²) in [5, 5.41) is 12.2. The molecule has 2 amide bonds. The Hall–Kier alpha value is -2.88. The van der Waals surface area contributed by atoms with Crippen LogP contribution in [0, 0.1) is 5.92 Å². The zero-order valence-electron chi connectivity index (χ0n) is 16.8. The van der Waals surface area contributed by atoms with Crippen molar-refractivity contribution in [2.75, 3.05) is 6.54 Å². The summed E-state index contributed by atoms with van der Waals surface area (Å²) in [4.78, 5) is 28.3. The second-order valence-electron chi connectivity index (χ2n) is 7.54. The number of hydrogen-bond acceptors (Lipinski definition) is 6. The first-order valence-corrected chi connectivity index (χ1v) is 9.86. The summed E-state index contributed by atoms with van der Waals surface area (Å²) in [5.74, 6) is -0.644. The Bertz CT molecular complexity index is 872. The summed E-state index contributed by atoms with van der Waals surface area (Å²) in [7, 11) is 0. The average Bonchev–Trinajstić information content (AvgIpc) is 3.23. The van der Waals surface area contributed by atoms with E-state index in [-0.39, 0.29) is 30.2 Å². The Morgan fingerprint density at radius 2 is 2.03 bits per heavy atom. The Morgan fingerprint density at radius 1 is 1.30 bits per heavy atom. The second kappa shape index (κ2) is 9.75. The molecular weight excluding hydrogens is 396 g/mol. The van der Waals surface area contributed by atoms with Crippen LogP contribution in [0.3, 0.4) is 0 Å². The van der Waals surface area contributed by atoms with Crippen LogP contribution in [0.5, 0.6) is 0 Å². The molecule has 2 heterocycles. The Kier molecular flexibility index (Phi) is 7.09. The molecule has 3 atom stereocenters. The van der Waals surface area contributed by atoms with Crippen molar-refractivity contribution in [3.05, 3.63) is 35.7 Å². The van der Waals surface area contributed by atoms with Crippen LogP contribution in [0.4, 0.5) is 8.78 Å². The van der Waals surface area contributed by atoms with Crippen LogP contribution in [0.25, 0.3) is 11.4 Å². The molecular formula is C20H25F2N5O3. The molecule has 162 valence electrons. The van der Waals surface area contributed by atoms with Crippen molar-refractivity contribution in [2.24, 2.45) is 5.92 Å². The largest absolute Gasteiger partial charge is 0.350 e. The van der Waals surface area contributed by atoms with Crippen LogP contribution in [0.15, 0.2) is 28.8 Å². The van der Waals surface area contributed by atoms with Crippen LogP contribution >= 0.6 is 0 Å². The lowest BCUT2D eigenvalue weighted by Crippen LogP contribution is -2.53. The van der Waals surface area contributed by atoms with Crippen LogP contribution in [-0.2, 0) is 16.1 Å². The third-order valence-corrected chi connectivity index (χ3v) is 5.04. The number of piperidine rings is 1. The number of amides is 2. The van der Waals surface area contributed by atoms with E-state index in [9.17, 15) is 18.4 Å². The fraction of sp³-hybridized carbons (Fsp3) is 0.500. The maximum absolute atomic E-state index is 12.5. The fourth-order valence-electron chi connectivity index (χ4n) is 3.24. The van der Waals surface area contributed by atoms with Gasteiger partial charge in [-0.3, -0.25) is 9.59 Å². The Morgan fingerprint density at radius 3 is 2.67 bits per heavy atom. The van der Waals surface area contributed by atoms with Gasteiger partial charge in [-0.05, 0) is 37.8 Å². The van der Waals surface area contributed by atoms with Crippen LogP contribution < -0.4 is 16.0 Å². The molecule has 3 rings (SSSR count). The molecule has 8 nitrogen and oxygen atoms in total. The standard InChI is InChI=1S/C20H25F2N5O3/c1-11-7-8-23-15(9-11)19(29)25-12(2)18(28)24-10-13-3-5-14(6-4-13)17-26-20(16(21)22)30-27-17/h3-6,11-12,15-16,23H,7-10H2,1-2H3,(H,24,28)(H,25,29)/t11-,12-,15+/m0/s1. The van der Waals surface area contributed by atoms with E-state index in [2.05, 4.69) is 37.5 Å². The number of hydrogen-bond donors (Lipinski definition) is 3. The summed E-state index contributed by atoms with van der Waals surface area (Å²) >= 11 is 0. The van der Waals surface area contributed by atoms with Crippen molar-refractivity contribution < 1.29 is 22.9 Å². The van der Waals surface area contributed by atoms with E-state index in [1.807, 2.05) is 0 Å². The van der Waals surface area contributed by atoms with Gasteiger partial charge in [0.2, 0.25) is 17.6 Å². The van der Waals surface area contributed by atoms with Crippen LogP contribution in [0.1, 0.15) is 44.6 Å². The molecule has 1 saturated heterocycles. The summed E-state index contributed by atoms with van der Waals surface area (Å²) in [6.07, 6.45) is -1.02. The van der Waals surface area contributed by atoms with Crippen molar-refractivity contribution >= 4 is 11.8 Å². The Labute approximate surface area is 172 Å². The minimum absolute atomic E-state index is 0.0721. The van der Waals surface area contributed by atoms with Gasteiger partial charge in [-0.25, -0.2) is 0 Å². The first-order valence-electron chi connectivity index (χ1n) is 9.86. The number of carbonyl (C=O) groups excluding carboxylic acids is 2. The number of nitrogens with one attached hydrogen (secondary N) is 3. The Balaban J connectivity index is 1.48. The van der Waals surface area contributed by atoms with E-state index in [1.165, 1.54) is 0 Å². The monoisotopic (exact) mass is 421 g/mol. The quantitative estimate of drug-likeness (QED) is 0.632. The zero-order chi connectivity index (χ0) is 21.7. The topological polar surface area (TPSA) is 109 Å². The van der Waals surface area contributed by atoms with Gasteiger partial charge in [0.15, 0.2) is 0 Å². The van der Waals surface area contributed by atoms with Crippen molar-refractivity contribution in [1.29, 1.82) is 0 Å². The van der Waals surface area contributed by atoms with Gasteiger partial charge >= 0.3 is 6.43 Å². The first-order chi connectivity index (χ1) is 14.3. The minimum atomic E-state index is -2.82. The van der Waals surface area contributed by atoms with E-state index in [1.54, 1.807) is 31.2 Å². The van der Waals surface area contributed by atoms with Gasteiger partial charge < -0.3 is 20.5 Å². The predicted molar refractivity (Wildman–Crippen MR) is 104 cm³/mol. The molecule has 3 N–H and O–H groups in total. The maximum Gasteiger partial charge on any atom is 0.315 e. The van der Waals surface area contributed by atoms with Gasteiger partial charge in [-0.1, -0.05) is 36.3 Å². The predicted octanol–water partition coefficient (Wildman–Crippen LogP) is 2.18. The summed E-state index contributed by atoms with van der Waals surface area (Å²) < 4.78 is 29.6. The molecule has 1 aliphatic heterocycles. The van der Waals surface area contributed by atoms with Crippen LogP contribution in [0.2, 0.25) is 0 Å². The molecule has 0 bridgehead atoms. The van der Waals surface area contributed by atoms with E-state index in [0.29, 0.717) is 11.5 Å². The van der Waals surface area contributed by atoms with Gasteiger partial charge in [0, 0.05) is 12.1 Å². The van der Waals surface area contributed by atoms with E-state index in [0.717, 1.165) is 24.9 Å². The van der Waals surface area contributed by atoms with E-state index < -0.39 is 18.4 Å². The van der Waals surface area contributed by atoms with Gasteiger partial charge in [-0.15, -0.1) is 0 Å². The molecule has 1 aliphatic rings. The highest BCUT2D eigenvalue weighted by molar-refractivity contribution is 5.89.